The summed E-state index contributed by atoms with van der Waals surface area (Å²) in [5.41, 5.74) is 3.03. The topological polar surface area (TPSA) is 70.2 Å². The van der Waals surface area contributed by atoms with Gasteiger partial charge in [0.25, 0.3) is 0 Å². The fourth-order valence-corrected chi connectivity index (χ4v) is 1.69. The van der Waals surface area contributed by atoms with E-state index >= 15 is 0 Å². The molecule has 0 aliphatic rings. The van der Waals surface area contributed by atoms with E-state index in [9.17, 15) is 8.42 Å². The SMILES string of the molecule is CCNNS(=O)(=O)Nc1ccccc1. The quantitative estimate of drug-likeness (QED) is 0.625. The number of para-hydroxylation sites is 1. The van der Waals surface area contributed by atoms with Crippen molar-refractivity contribution in [3.63, 3.8) is 0 Å². The molecular formula is C8H13N3O2S. The summed E-state index contributed by atoms with van der Waals surface area (Å²) in [6.07, 6.45) is 0. The maximum Gasteiger partial charge on any atom is 0.311 e. The molecule has 0 heterocycles. The van der Waals surface area contributed by atoms with Crippen LogP contribution in [0.25, 0.3) is 0 Å². The Morgan fingerprint density at radius 2 is 1.86 bits per heavy atom. The van der Waals surface area contributed by atoms with Gasteiger partial charge in [0.1, 0.15) is 0 Å². The van der Waals surface area contributed by atoms with Gasteiger partial charge >= 0.3 is 10.2 Å². The summed E-state index contributed by atoms with van der Waals surface area (Å²) >= 11 is 0. The summed E-state index contributed by atoms with van der Waals surface area (Å²) in [7, 11) is -3.51. The second kappa shape index (κ2) is 4.94. The van der Waals surface area contributed by atoms with Crippen molar-refractivity contribution in [1.82, 2.24) is 10.3 Å². The maximum absolute atomic E-state index is 11.3. The fourth-order valence-electron chi connectivity index (χ4n) is 0.854. The van der Waals surface area contributed by atoms with Crippen LogP contribution in [0.5, 0.6) is 0 Å². The average Bonchev–Trinajstić information content (AvgIpc) is 2.16. The van der Waals surface area contributed by atoms with E-state index in [1.807, 2.05) is 6.07 Å². The molecule has 1 aromatic carbocycles. The standard InChI is InChI=1S/C8H13N3O2S/c1-2-9-11-14(12,13)10-8-6-4-3-5-7-8/h3-7,9-11H,2H2,1H3. The van der Waals surface area contributed by atoms with Gasteiger partial charge in [-0.2, -0.15) is 8.42 Å². The first-order valence-electron chi connectivity index (χ1n) is 4.21. The van der Waals surface area contributed by atoms with Crippen molar-refractivity contribution in [3.05, 3.63) is 30.3 Å². The third-order valence-electron chi connectivity index (χ3n) is 1.41. The van der Waals surface area contributed by atoms with Crippen molar-refractivity contribution in [3.8, 4) is 0 Å². The van der Waals surface area contributed by atoms with Gasteiger partial charge in [0.15, 0.2) is 0 Å². The van der Waals surface area contributed by atoms with Gasteiger partial charge in [-0.05, 0) is 12.1 Å². The summed E-state index contributed by atoms with van der Waals surface area (Å²) in [5.74, 6) is 0. The highest BCUT2D eigenvalue weighted by Gasteiger charge is 2.06. The molecule has 0 aliphatic heterocycles. The Kier molecular flexibility index (Phi) is 3.87. The van der Waals surface area contributed by atoms with Crippen molar-refractivity contribution in [1.29, 1.82) is 0 Å². The van der Waals surface area contributed by atoms with E-state index in [-0.39, 0.29) is 0 Å². The van der Waals surface area contributed by atoms with E-state index in [2.05, 4.69) is 15.0 Å². The summed E-state index contributed by atoms with van der Waals surface area (Å²) < 4.78 is 24.9. The lowest BCUT2D eigenvalue weighted by Gasteiger charge is -2.08. The van der Waals surface area contributed by atoms with Crippen LogP contribution in [0.1, 0.15) is 6.92 Å². The molecule has 78 valence electrons. The fraction of sp³-hybridized carbons (Fsp3) is 0.250. The molecule has 5 nitrogen and oxygen atoms in total. The predicted molar refractivity (Wildman–Crippen MR) is 55.8 cm³/mol. The van der Waals surface area contributed by atoms with Gasteiger partial charge in [-0.15, -0.1) is 4.83 Å². The zero-order valence-electron chi connectivity index (χ0n) is 7.82. The Morgan fingerprint density at radius 3 is 2.43 bits per heavy atom. The van der Waals surface area contributed by atoms with E-state index in [0.717, 1.165) is 0 Å². The van der Waals surface area contributed by atoms with Crippen LogP contribution >= 0.6 is 0 Å². The number of hydrogen-bond donors (Lipinski definition) is 3. The first-order valence-corrected chi connectivity index (χ1v) is 5.70. The van der Waals surface area contributed by atoms with Crippen LogP contribution in [0.4, 0.5) is 5.69 Å². The second-order valence-corrected chi connectivity index (χ2v) is 4.02. The van der Waals surface area contributed by atoms with Gasteiger partial charge in [-0.1, -0.05) is 25.1 Å². The van der Waals surface area contributed by atoms with E-state index in [1.165, 1.54) is 0 Å². The van der Waals surface area contributed by atoms with Crippen LogP contribution in [-0.4, -0.2) is 15.0 Å². The Hall–Kier alpha value is -1.11. The number of rotatable bonds is 5. The van der Waals surface area contributed by atoms with Gasteiger partial charge in [-0.3, -0.25) is 4.72 Å². The monoisotopic (exact) mass is 215 g/mol. The molecule has 0 amide bonds. The van der Waals surface area contributed by atoms with Gasteiger partial charge in [0, 0.05) is 12.2 Å². The molecule has 3 N–H and O–H groups in total. The van der Waals surface area contributed by atoms with E-state index in [4.69, 9.17) is 0 Å². The minimum atomic E-state index is -3.51. The van der Waals surface area contributed by atoms with Crippen molar-refractivity contribution in [2.24, 2.45) is 0 Å². The molecule has 0 atom stereocenters. The molecule has 1 rings (SSSR count). The Bertz CT molecular complexity index is 363. The van der Waals surface area contributed by atoms with Crippen molar-refractivity contribution in [2.45, 2.75) is 6.92 Å². The van der Waals surface area contributed by atoms with Gasteiger partial charge in [0.2, 0.25) is 0 Å². The summed E-state index contributed by atoms with van der Waals surface area (Å²) in [4.78, 5) is 2.17. The van der Waals surface area contributed by atoms with Crippen LogP contribution in [0.15, 0.2) is 30.3 Å². The molecule has 0 saturated carbocycles. The highest BCUT2D eigenvalue weighted by Crippen LogP contribution is 2.05. The zero-order chi connectivity index (χ0) is 10.4. The van der Waals surface area contributed by atoms with E-state index < -0.39 is 10.2 Å². The summed E-state index contributed by atoms with van der Waals surface area (Å²) in [5, 5.41) is 0. The largest absolute Gasteiger partial charge is 0.311 e. The molecule has 6 heteroatoms. The highest BCUT2D eigenvalue weighted by atomic mass is 32.2. The maximum atomic E-state index is 11.3. The molecule has 0 bridgehead atoms. The predicted octanol–water partition coefficient (Wildman–Crippen LogP) is 0.457. The van der Waals surface area contributed by atoms with Crippen LogP contribution in [0, 0.1) is 0 Å². The molecule has 14 heavy (non-hydrogen) atoms. The van der Waals surface area contributed by atoms with E-state index in [0.29, 0.717) is 12.2 Å². The summed E-state index contributed by atoms with van der Waals surface area (Å²) in [6.45, 7) is 2.32. The van der Waals surface area contributed by atoms with Crippen molar-refractivity contribution in [2.75, 3.05) is 11.3 Å². The van der Waals surface area contributed by atoms with Crippen molar-refractivity contribution >= 4 is 15.9 Å². The van der Waals surface area contributed by atoms with Crippen LogP contribution in [-0.2, 0) is 10.2 Å². The van der Waals surface area contributed by atoms with E-state index in [1.54, 1.807) is 31.2 Å². The molecule has 0 aromatic heterocycles. The number of hydrogen-bond acceptors (Lipinski definition) is 3. The molecule has 0 radical (unpaired) electrons. The number of anilines is 1. The summed E-state index contributed by atoms with van der Waals surface area (Å²) in [6, 6.07) is 8.67. The molecular weight excluding hydrogens is 202 g/mol. The second-order valence-electron chi connectivity index (χ2n) is 2.60. The van der Waals surface area contributed by atoms with Crippen molar-refractivity contribution < 1.29 is 8.42 Å². The first kappa shape index (κ1) is 11.0. The Morgan fingerprint density at radius 1 is 1.21 bits per heavy atom. The minimum Gasteiger partial charge on any atom is -0.270 e. The van der Waals surface area contributed by atoms with Crippen LogP contribution in [0.3, 0.4) is 0 Å². The highest BCUT2D eigenvalue weighted by molar-refractivity contribution is 7.90. The van der Waals surface area contributed by atoms with Crippen LogP contribution in [0.2, 0.25) is 0 Å². The molecule has 0 fully saturated rings. The average molecular weight is 215 g/mol. The minimum absolute atomic E-state index is 0.524. The molecule has 0 unspecified atom stereocenters. The number of benzene rings is 1. The van der Waals surface area contributed by atoms with Gasteiger partial charge in [-0.25, -0.2) is 5.43 Å². The lowest BCUT2D eigenvalue weighted by Crippen LogP contribution is -2.40. The third-order valence-corrected chi connectivity index (χ3v) is 2.33. The van der Waals surface area contributed by atoms with Gasteiger partial charge in [0.05, 0.1) is 0 Å². The lowest BCUT2D eigenvalue weighted by atomic mass is 10.3. The molecule has 0 saturated heterocycles. The Balaban J connectivity index is 2.60. The van der Waals surface area contributed by atoms with Crippen LogP contribution < -0.4 is 15.0 Å². The Labute approximate surface area is 83.7 Å². The normalized spacial score (nSPS) is 11.2. The number of nitrogens with one attached hydrogen (secondary N) is 3. The molecule has 0 spiro atoms. The third kappa shape index (κ3) is 3.73. The molecule has 1 aromatic rings. The van der Waals surface area contributed by atoms with Gasteiger partial charge < -0.3 is 0 Å². The lowest BCUT2D eigenvalue weighted by molar-refractivity contribution is 0.566. The first-order chi connectivity index (χ1) is 6.64. The smallest absolute Gasteiger partial charge is 0.270 e. The molecule has 0 aliphatic carbocycles. The number of hydrazine groups is 1. The zero-order valence-corrected chi connectivity index (χ0v) is 8.64.